The number of allylic oxidation sites excluding steroid dienone is 1. The molecule has 1 aromatic heterocycles. The average Bonchev–Trinajstić information content (AvgIpc) is 2.96. The number of carbonyl (C=O) groups excluding carboxylic acids is 1. The van der Waals surface area contributed by atoms with Gasteiger partial charge in [-0.2, -0.15) is 0 Å². The van der Waals surface area contributed by atoms with E-state index in [2.05, 4.69) is 35.9 Å². The molecule has 2 rings (SSSR count). The molecule has 1 amide bonds. The Balaban J connectivity index is 2.18. The van der Waals surface area contributed by atoms with E-state index in [1.807, 2.05) is 11.5 Å². The Bertz CT molecular complexity index is 791. The molecule has 0 aliphatic rings. The zero-order valence-electron chi connectivity index (χ0n) is 15.0. The van der Waals surface area contributed by atoms with E-state index >= 15 is 0 Å². The molecule has 1 heterocycles. The molecule has 5 nitrogen and oxygen atoms in total. The quantitative estimate of drug-likeness (QED) is 0.504. The molecular weight excluding hydrogens is 391 g/mol. The number of rotatable bonds is 8. The molecule has 1 N–H and O–H groups in total. The normalized spacial score (nSPS) is 12.2. The maximum absolute atomic E-state index is 12.1. The van der Waals surface area contributed by atoms with Gasteiger partial charge in [-0.05, 0) is 31.0 Å². The van der Waals surface area contributed by atoms with E-state index in [4.69, 9.17) is 23.2 Å². The standard InChI is InChI=1S/C18H22Cl2N4OS/c1-5-8-24-17(14-7-6-13(19)9-15(14)20)22-23-18(24)26-10-16(25)21-12(4)11(2)3/h5-7,9,11-12H,1,8,10H2,2-4H3,(H,21,25)/t12-/m1/s1. The van der Waals surface area contributed by atoms with E-state index in [1.165, 1.54) is 11.8 Å². The highest BCUT2D eigenvalue weighted by Crippen LogP contribution is 2.31. The van der Waals surface area contributed by atoms with E-state index in [9.17, 15) is 4.79 Å². The highest BCUT2D eigenvalue weighted by atomic mass is 35.5. The fourth-order valence-corrected chi connectivity index (χ4v) is 3.40. The number of halogens is 2. The Morgan fingerprint density at radius 3 is 2.69 bits per heavy atom. The van der Waals surface area contributed by atoms with Crippen LogP contribution in [-0.2, 0) is 11.3 Å². The molecule has 2 aromatic rings. The number of nitrogens with zero attached hydrogens (tertiary/aromatic N) is 3. The molecule has 0 spiro atoms. The minimum atomic E-state index is -0.0320. The van der Waals surface area contributed by atoms with Gasteiger partial charge in [-0.3, -0.25) is 9.36 Å². The van der Waals surface area contributed by atoms with E-state index in [0.717, 1.165) is 5.56 Å². The van der Waals surface area contributed by atoms with Crippen LogP contribution in [-0.4, -0.2) is 32.5 Å². The van der Waals surface area contributed by atoms with Crippen LogP contribution >= 0.6 is 35.0 Å². The second-order valence-corrected chi connectivity index (χ2v) is 8.00. The van der Waals surface area contributed by atoms with Crippen LogP contribution in [0.5, 0.6) is 0 Å². The lowest BCUT2D eigenvalue weighted by Crippen LogP contribution is -2.37. The van der Waals surface area contributed by atoms with Crippen LogP contribution in [0.3, 0.4) is 0 Å². The Kier molecular flexibility index (Phi) is 7.55. The van der Waals surface area contributed by atoms with E-state index in [-0.39, 0.29) is 17.7 Å². The Morgan fingerprint density at radius 2 is 2.08 bits per heavy atom. The van der Waals surface area contributed by atoms with Gasteiger partial charge in [-0.15, -0.1) is 16.8 Å². The van der Waals surface area contributed by atoms with Gasteiger partial charge in [0.2, 0.25) is 5.91 Å². The SMILES string of the molecule is C=CCn1c(SCC(=O)N[C@H](C)C(C)C)nnc1-c1ccc(Cl)cc1Cl. The highest BCUT2D eigenvalue weighted by Gasteiger charge is 2.18. The van der Waals surface area contributed by atoms with Gasteiger partial charge in [-0.1, -0.05) is 54.9 Å². The fraction of sp³-hybridized carbons (Fsp3) is 0.389. The molecule has 1 atom stereocenters. The van der Waals surface area contributed by atoms with Crippen LogP contribution in [0.25, 0.3) is 11.4 Å². The van der Waals surface area contributed by atoms with Crippen LogP contribution in [0.2, 0.25) is 10.0 Å². The van der Waals surface area contributed by atoms with Gasteiger partial charge < -0.3 is 5.32 Å². The summed E-state index contributed by atoms with van der Waals surface area (Å²) in [7, 11) is 0. The van der Waals surface area contributed by atoms with E-state index < -0.39 is 0 Å². The summed E-state index contributed by atoms with van der Waals surface area (Å²) in [5.74, 6) is 1.23. The molecule has 140 valence electrons. The van der Waals surface area contributed by atoms with E-state index in [1.54, 1.807) is 24.3 Å². The molecule has 0 aliphatic carbocycles. The summed E-state index contributed by atoms with van der Waals surface area (Å²) in [6, 6.07) is 5.35. The summed E-state index contributed by atoms with van der Waals surface area (Å²) < 4.78 is 1.88. The molecule has 26 heavy (non-hydrogen) atoms. The molecule has 0 fully saturated rings. The molecule has 0 radical (unpaired) electrons. The van der Waals surface area contributed by atoms with Gasteiger partial charge in [0.15, 0.2) is 11.0 Å². The van der Waals surface area contributed by atoms with Crippen molar-refractivity contribution in [3.8, 4) is 11.4 Å². The molecule has 1 aromatic carbocycles. The molecule has 0 unspecified atom stereocenters. The number of thioether (sulfide) groups is 1. The number of aromatic nitrogens is 3. The molecule has 0 saturated heterocycles. The third-order valence-corrected chi connectivity index (χ3v) is 5.44. The topological polar surface area (TPSA) is 59.8 Å². The Hall–Kier alpha value is -1.50. The molecule has 0 bridgehead atoms. The van der Waals surface area contributed by atoms with Crippen molar-refractivity contribution in [1.82, 2.24) is 20.1 Å². The lowest BCUT2D eigenvalue weighted by Gasteiger charge is -2.17. The Labute approximate surface area is 168 Å². The number of amides is 1. The number of nitrogens with one attached hydrogen (secondary N) is 1. The fourth-order valence-electron chi connectivity index (χ4n) is 2.15. The second kappa shape index (κ2) is 9.44. The number of hydrogen-bond acceptors (Lipinski definition) is 4. The lowest BCUT2D eigenvalue weighted by atomic mass is 10.1. The summed E-state index contributed by atoms with van der Waals surface area (Å²) in [5.41, 5.74) is 0.732. The third-order valence-electron chi connectivity index (χ3n) is 3.92. The van der Waals surface area contributed by atoms with Crippen LogP contribution in [0.4, 0.5) is 0 Å². The van der Waals surface area contributed by atoms with Gasteiger partial charge >= 0.3 is 0 Å². The first-order valence-corrected chi connectivity index (χ1v) is 9.99. The van der Waals surface area contributed by atoms with Crippen molar-refractivity contribution in [2.45, 2.75) is 38.5 Å². The molecule has 0 saturated carbocycles. The minimum absolute atomic E-state index is 0.0320. The highest BCUT2D eigenvalue weighted by molar-refractivity contribution is 7.99. The predicted molar refractivity (Wildman–Crippen MR) is 109 cm³/mol. The van der Waals surface area contributed by atoms with Crippen molar-refractivity contribution in [3.63, 3.8) is 0 Å². The van der Waals surface area contributed by atoms with Crippen LogP contribution in [0.1, 0.15) is 20.8 Å². The first-order valence-electron chi connectivity index (χ1n) is 8.25. The monoisotopic (exact) mass is 412 g/mol. The van der Waals surface area contributed by atoms with E-state index in [0.29, 0.717) is 33.5 Å². The maximum atomic E-state index is 12.1. The summed E-state index contributed by atoms with van der Waals surface area (Å²) >= 11 is 13.6. The number of hydrogen-bond donors (Lipinski definition) is 1. The average molecular weight is 413 g/mol. The van der Waals surface area contributed by atoms with Crippen molar-refractivity contribution in [3.05, 3.63) is 40.9 Å². The minimum Gasteiger partial charge on any atom is -0.353 e. The number of benzene rings is 1. The van der Waals surface area contributed by atoms with Crippen molar-refractivity contribution in [2.24, 2.45) is 5.92 Å². The molecular formula is C18H22Cl2N4OS. The lowest BCUT2D eigenvalue weighted by molar-refractivity contribution is -0.119. The summed E-state index contributed by atoms with van der Waals surface area (Å²) in [5, 5.41) is 13.1. The summed E-state index contributed by atoms with van der Waals surface area (Å²) in [4.78, 5) is 12.1. The zero-order chi connectivity index (χ0) is 19.3. The third kappa shape index (κ3) is 5.25. The largest absolute Gasteiger partial charge is 0.353 e. The van der Waals surface area contributed by atoms with Gasteiger partial charge in [0, 0.05) is 23.2 Å². The van der Waals surface area contributed by atoms with Crippen molar-refractivity contribution in [2.75, 3.05) is 5.75 Å². The van der Waals surface area contributed by atoms with Crippen LogP contribution < -0.4 is 5.32 Å². The predicted octanol–water partition coefficient (Wildman–Crippen LogP) is 4.69. The summed E-state index contributed by atoms with van der Waals surface area (Å²) in [6.45, 7) is 10.4. The maximum Gasteiger partial charge on any atom is 0.230 e. The van der Waals surface area contributed by atoms with Crippen LogP contribution in [0, 0.1) is 5.92 Å². The van der Waals surface area contributed by atoms with Gasteiger partial charge in [0.25, 0.3) is 0 Å². The smallest absolute Gasteiger partial charge is 0.230 e. The second-order valence-electron chi connectivity index (χ2n) is 6.22. The first kappa shape index (κ1) is 20.8. The zero-order valence-corrected chi connectivity index (χ0v) is 17.3. The van der Waals surface area contributed by atoms with Crippen molar-refractivity contribution in [1.29, 1.82) is 0 Å². The van der Waals surface area contributed by atoms with Crippen molar-refractivity contribution >= 4 is 40.9 Å². The number of carbonyl (C=O) groups is 1. The molecule has 0 aliphatic heterocycles. The first-order chi connectivity index (χ1) is 12.3. The van der Waals surface area contributed by atoms with Crippen LogP contribution in [0.15, 0.2) is 36.0 Å². The molecule has 8 heteroatoms. The van der Waals surface area contributed by atoms with Gasteiger partial charge in [0.05, 0.1) is 10.8 Å². The van der Waals surface area contributed by atoms with Gasteiger partial charge in [0.1, 0.15) is 0 Å². The summed E-state index contributed by atoms with van der Waals surface area (Å²) in [6.07, 6.45) is 1.75. The van der Waals surface area contributed by atoms with Gasteiger partial charge in [-0.25, -0.2) is 0 Å². The Morgan fingerprint density at radius 1 is 1.35 bits per heavy atom. The van der Waals surface area contributed by atoms with Crippen molar-refractivity contribution < 1.29 is 4.79 Å².